The van der Waals surface area contributed by atoms with Gasteiger partial charge < -0.3 is 42.4 Å². The Balaban J connectivity index is 4.03. The van der Waals surface area contributed by atoms with Crippen LogP contribution in [0.15, 0.2) is 74.4 Å². The van der Waals surface area contributed by atoms with Crippen LogP contribution in [-0.2, 0) is 42.4 Å². The van der Waals surface area contributed by atoms with Gasteiger partial charge in [-0.15, -0.1) is 19.7 Å². The van der Waals surface area contributed by atoms with Gasteiger partial charge >= 0.3 is 7.32 Å². The lowest BCUT2D eigenvalue weighted by Crippen LogP contribution is -2.32. The third-order valence-corrected chi connectivity index (χ3v) is 6.04. The molecule has 0 saturated carbocycles. The van der Waals surface area contributed by atoms with Gasteiger partial charge in [0.05, 0.1) is 99.1 Å². The fraction of sp³-hybridized carbons (Fsp3) is 0.667. The van der Waals surface area contributed by atoms with Crippen molar-refractivity contribution in [2.24, 2.45) is 0 Å². The van der Waals surface area contributed by atoms with Crippen molar-refractivity contribution in [3.05, 3.63) is 74.4 Å². The van der Waals surface area contributed by atoms with Crippen molar-refractivity contribution in [2.75, 3.05) is 99.1 Å². The molecule has 0 amide bonds. The zero-order valence-corrected chi connectivity index (χ0v) is 28.5. The first-order chi connectivity index (χ1) is 22.8. The topological polar surface area (TPSA) is 83.1 Å². The van der Waals surface area contributed by atoms with Crippen LogP contribution in [0.3, 0.4) is 0 Å². The predicted molar refractivity (Wildman–Crippen MR) is 188 cm³/mol. The second-order valence-electron chi connectivity index (χ2n) is 10.0. The smallest absolute Gasteiger partial charge is 0.383 e. The molecule has 0 aromatic carbocycles. The maximum atomic E-state index is 5.73. The predicted octanol–water partition coefficient (Wildman–Crippen LogP) is 6.86. The highest BCUT2D eigenvalue weighted by atomic mass is 16.7. The summed E-state index contributed by atoms with van der Waals surface area (Å²) in [6.07, 6.45) is 27.9. The van der Waals surface area contributed by atoms with Crippen molar-refractivity contribution in [1.82, 2.24) is 0 Å². The van der Waals surface area contributed by atoms with Crippen molar-refractivity contribution in [3.63, 3.8) is 0 Å². The molecule has 0 atom stereocenters. The van der Waals surface area contributed by atoms with Crippen molar-refractivity contribution in [1.29, 1.82) is 0 Å². The molecule has 0 fully saturated rings. The van der Waals surface area contributed by atoms with E-state index in [4.69, 9.17) is 42.4 Å². The van der Waals surface area contributed by atoms with E-state index in [2.05, 4.69) is 38.0 Å². The van der Waals surface area contributed by atoms with Crippen molar-refractivity contribution < 1.29 is 42.4 Å². The molecule has 0 unspecified atom stereocenters. The number of rotatable bonds is 39. The van der Waals surface area contributed by atoms with Crippen LogP contribution < -0.4 is 0 Å². The Bertz CT molecular complexity index is 635. The van der Waals surface area contributed by atoms with Gasteiger partial charge in [0, 0.05) is 0 Å². The van der Waals surface area contributed by atoms with Crippen molar-refractivity contribution in [2.45, 2.75) is 57.8 Å². The molecular weight excluding hydrogens is 587 g/mol. The molecule has 0 aliphatic rings. The highest BCUT2D eigenvalue weighted by molar-refractivity contribution is 6.36. The van der Waals surface area contributed by atoms with E-state index in [1.165, 1.54) is 0 Å². The van der Waals surface area contributed by atoms with Crippen LogP contribution in [0.5, 0.6) is 0 Å². The van der Waals surface area contributed by atoms with E-state index in [1.54, 1.807) is 0 Å². The van der Waals surface area contributed by atoms with Crippen LogP contribution in [0.25, 0.3) is 0 Å². The average molecular weight is 651 g/mol. The number of hydrogen-bond acceptors (Lipinski definition) is 9. The minimum atomic E-state index is -0.844. The minimum Gasteiger partial charge on any atom is -0.383 e. The highest BCUT2D eigenvalue weighted by Crippen LogP contribution is 1.99. The SMILES string of the molecule is C=CCCCC=CCOCCOCCOB(OCCOCCOCC=CCCCC=C)OCCOCCOCC=CCCCC=C. The van der Waals surface area contributed by atoms with Gasteiger partial charge in [-0.25, -0.2) is 0 Å². The molecule has 0 spiro atoms. The van der Waals surface area contributed by atoms with Gasteiger partial charge in [0.2, 0.25) is 0 Å². The Labute approximate surface area is 280 Å². The van der Waals surface area contributed by atoms with Crippen molar-refractivity contribution in [3.8, 4) is 0 Å². The largest absolute Gasteiger partial charge is 0.639 e. The van der Waals surface area contributed by atoms with Crippen LogP contribution in [0.2, 0.25) is 0 Å². The summed E-state index contributed by atoms with van der Waals surface area (Å²) < 4.78 is 50.6. The Morgan fingerprint density at radius 3 is 0.913 bits per heavy atom. The Kier molecular flexibility index (Phi) is 39.5. The molecule has 0 heterocycles. The summed E-state index contributed by atoms with van der Waals surface area (Å²) in [6.45, 7) is 18.1. The van der Waals surface area contributed by atoms with Crippen LogP contribution in [-0.4, -0.2) is 106 Å². The molecule has 0 radical (unpaired) electrons. The lowest BCUT2D eigenvalue weighted by molar-refractivity contribution is 0.000784. The van der Waals surface area contributed by atoms with Crippen LogP contribution in [0, 0.1) is 0 Å². The fourth-order valence-corrected chi connectivity index (χ4v) is 3.57. The van der Waals surface area contributed by atoms with E-state index < -0.39 is 7.32 Å². The molecule has 0 aliphatic carbocycles. The lowest BCUT2D eigenvalue weighted by atomic mass is 10.2. The van der Waals surface area contributed by atoms with E-state index in [0.717, 1.165) is 57.8 Å². The molecule has 0 N–H and O–H groups in total. The monoisotopic (exact) mass is 650 g/mol. The number of hydrogen-bond donors (Lipinski definition) is 0. The molecule has 46 heavy (non-hydrogen) atoms. The molecule has 10 heteroatoms. The van der Waals surface area contributed by atoms with Crippen LogP contribution >= 0.6 is 0 Å². The fourth-order valence-electron chi connectivity index (χ4n) is 3.57. The summed E-state index contributed by atoms with van der Waals surface area (Å²) in [4.78, 5) is 0. The zero-order chi connectivity index (χ0) is 33.3. The molecule has 0 aromatic heterocycles. The van der Waals surface area contributed by atoms with Gasteiger partial charge in [-0.3, -0.25) is 0 Å². The maximum absolute atomic E-state index is 5.73. The minimum absolute atomic E-state index is 0.319. The van der Waals surface area contributed by atoms with Gasteiger partial charge in [-0.05, 0) is 57.8 Å². The van der Waals surface area contributed by atoms with Gasteiger partial charge in [0.15, 0.2) is 0 Å². The molecule has 0 rings (SSSR count). The lowest BCUT2D eigenvalue weighted by Gasteiger charge is -2.15. The first-order valence-corrected chi connectivity index (χ1v) is 16.9. The van der Waals surface area contributed by atoms with E-state index in [9.17, 15) is 0 Å². The summed E-state index contributed by atoms with van der Waals surface area (Å²) in [6, 6.07) is 0. The molecule has 0 bridgehead atoms. The molecule has 264 valence electrons. The molecule has 9 nitrogen and oxygen atoms in total. The molecular formula is C36H63BO9. The Morgan fingerprint density at radius 1 is 0.326 bits per heavy atom. The summed E-state index contributed by atoms with van der Waals surface area (Å²) in [5.41, 5.74) is 0. The summed E-state index contributed by atoms with van der Waals surface area (Å²) >= 11 is 0. The molecule has 0 aromatic rings. The number of unbranched alkanes of at least 4 members (excludes halogenated alkanes) is 6. The number of allylic oxidation sites excluding steroid dienone is 6. The van der Waals surface area contributed by atoms with Gasteiger partial charge in [0.1, 0.15) is 0 Å². The van der Waals surface area contributed by atoms with Crippen LogP contribution in [0.1, 0.15) is 57.8 Å². The first-order valence-electron chi connectivity index (χ1n) is 16.9. The van der Waals surface area contributed by atoms with Gasteiger partial charge in [-0.2, -0.15) is 0 Å². The third-order valence-electron chi connectivity index (χ3n) is 6.04. The molecule has 0 aliphatic heterocycles. The summed E-state index contributed by atoms with van der Waals surface area (Å²) in [5, 5.41) is 0. The summed E-state index contributed by atoms with van der Waals surface area (Å²) in [5.74, 6) is 0. The van der Waals surface area contributed by atoms with E-state index in [-0.39, 0.29) is 0 Å². The normalized spacial score (nSPS) is 11.7. The standard InChI is InChI=1S/C36H63BO9/c1-4-7-10-13-16-19-22-38-25-28-41-31-34-44-37(45-35-32-42-29-26-39-23-20-17-14-11-8-5-2)46-36-33-43-30-27-40-24-21-18-15-12-9-6-3/h4-6,16-21H,1-3,7-15,22-36H2. The summed E-state index contributed by atoms with van der Waals surface area (Å²) in [7, 11) is -0.844. The van der Waals surface area contributed by atoms with Gasteiger partial charge in [-0.1, -0.05) is 54.7 Å². The Hall–Kier alpha value is -1.86. The Morgan fingerprint density at radius 2 is 0.609 bits per heavy atom. The second kappa shape index (κ2) is 41.2. The first kappa shape index (κ1) is 44.1. The highest BCUT2D eigenvalue weighted by Gasteiger charge is 2.21. The second-order valence-corrected chi connectivity index (χ2v) is 10.0. The van der Waals surface area contributed by atoms with Crippen LogP contribution in [0.4, 0.5) is 0 Å². The molecule has 0 saturated heterocycles. The third kappa shape index (κ3) is 38.3. The van der Waals surface area contributed by atoms with Gasteiger partial charge in [0.25, 0.3) is 0 Å². The van der Waals surface area contributed by atoms with E-state index >= 15 is 0 Å². The van der Waals surface area contributed by atoms with Crippen molar-refractivity contribution >= 4 is 7.32 Å². The maximum Gasteiger partial charge on any atom is 0.639 e. The average Bonchev–Trinajstić information content (AvgIpc) is 3.07. The number of ether oxygens (including phenoxy) is 6. The van der Waals surface area contributed by atoms with E-state index in [1.807, 2.05) is 36.5 Å². The van der Waals surface area contributed by atoms with E-state index in [0.29, 0.717) is 99.1 Å². The quantitative estimate of drug-likeness (QED) is 0.0403. The zero-order valence-electron chi connectivity index (χ0n) is 28.5.